The zero-order chi connectivity index (χ0) is 16.4. The van der Waals surface area contributed by atoms with Crippen molar-refractivity contribution in [3.63, 3.8) is 0 Å². The van der Waals surface area contributed by atoms with Crippen molar-refractivity contribution in [2.45, 2.75) is 19.0 Å². The summed E-state index contributed by atoms with van der Waals surface area (Å²) in [7, 11) is 0. The summed E-state index contributed by atoms with van der Waals surface area (Å²) in [6, 6.07) is 9.14. The van der Waals surface area contributed by atoms with Crippen LogP contribution in [-0.2, 0) is 6.18 Å². The fraction of sp³-hybridized carbons (Fsp3) is 0.200. The van der Waals surface area contributed by atoms with Gasteiger partial charge in [-0.15, -0.1) is 11.3 Å². The topological polar surface area (TPSA) is 51.0 Å². The minimum absolute atomic E-state index is 0.0447. The number of rotatable bonds is 4. The predicted octanol–water partition coefficient (Wildman–Crippen LogP) is 5.05. The van der Waals surface area contributed by atoms with E-state index in [1.165, 1.54) is 0 Å². The largest absolute Gasteiger partial charge is 0.434 e. The van der Waals surface area contributed by atoms with Crippen LogP contribution in [-0.4, -0.2) is 10.1 Å². The summed E-state index contributed by atoms with van der Waals surface area (Å²) in [6.45, 7) is 1.99. The number of nitrogens with one attached hydrogen (secondary N) is 1. The lowest BCUT2D eigenvalue weighted by atomic mass is 9.98. The van der Waals surface area contributed by atoms with Crippen LogP contribution in [0.3, 0.4) is 0 Å². The third-order valence-electron chi connectivity index (χ3n) is 3.34. The molecule has 0 spiro atoms. The van der Waals surface area contributed by atoms with E-state index < -0.39 is 11.9 Å². The van der Waals surface area contributed by atoms with Crippen molar-refractivity contribution in [3.8, 4) is 0 Å². The molecular weight excluding hydrogens is 327 g/mol. The van der Waals surface area contributed by atoms with E-state index in [2.05, 4.69) is 15.5 Å². The van der Waals surface area contributed by atoms with Gasteiger partial charge < -0.3 is 9.84 Å². The summed E-state index contributed by atoms with van der Waals surface area (Å²) in [5.74, 6) is 0.795. The van der Waals surface area contributed by atoms with E-state index in [4.69, 9.17) is 4.52 Å². The summed E-state index contributed by atoms with van der Waals surface area (Å²) < 4.78 is 42.7. The highest BCUT2D eigenvalue weighted by Crippen LogP contribution is 2.33. The second-order valence-electron chi connectivity index (χ2n) is 4.92. The van der Waals surface area contributed by atoms with Crippen molar-refractivity contribution in [3.05, 3.63) is 58.9 Å². The first kappa shape index (κ1) is 15.5. The Morgan fingerprint density at radius 2 is 1.91 bits per heavy atom. The number of aromatic nitrogens is 2. The lowest BCUT2D eigenvalue weighted by Crippen LogP contribution is -2.05. The van der Waals surface area contributed by atoms with Crippen LogP contribution in [0.1, 0.15) is 29.9 Å². The number of anilines is 2. The molecule has 0 aliphatic carbocycles. The van der Waals surface area contributed by atoms with Gasteiger partial charge in [0, 0.05) is 23.1 Å². The second kappa shape index (κ2) is 6.04. The van der Waals surface area contributed by atoms with Crippen molar-refractivity contribution in [1.82, 2.24) is 10.1 Å². The number of hydrogen-bond acceptors (Lipinski definition) is 5. The van der Waals surface area contributed by atoms with Crippen LogP contribution in [0.5, 0.6) is 0 Å². The van der Waals surface area contributed by atoms with E-state index in [0.717, 1.165) is 28.0 Å². The second-order valence-corrected chi connectivity index (χ2v) is 5.78. The molecule has 0 radical (unpaired) electrons. The van der Waals surface area contributed by atoms with Crippen LogP contribution in [0.25, 0.3) is 0 Å². The Morgan fingerprint density at radius 3 is 2.48 bits per heavy atom. The zero-order valence-corrected chi connectivity index (χ0v) is 12.8. The Bertz CT molecular complexity index is 766. The minimum Gasteiger partial charge on any atom is -0.361 e. The van der Waals surface area contributed by atoms with Gasteiger partial charge in [-0.3, -0.25) is 0 Å². The molecule has 0 saturated carbocycles. The maximum absolute atomic E-state index is 12.5. The monoisotopic (exact) mass is 339 g/mol. The van der Waals surface area contributed by atoms with Crippen LogP contribution in [0, 0.1) is 0 Å². The highest BCUT2D eigenvalue weighted by molar-refractivity contribution is 7.13. The Balaban J connectivity index is 1.71. The molecule has 2 aromatic heterocycles. The van der Waals surface area contributed by atoms with Crippen molar-refractivity contribution >= 4 is 22.2 Å². The van der Waals surface area contributed by atoms with Crippen LogP contribution < -0.4 is 5.32 Å². The third kappa shape index (κ3) is 3.53. The van der Waals surface area contributed by atoms with Gasteiger partial charge >= 0.3 is 6.18 Å². The van der Waals surface area contributed by atoms with Crippen LogP contribution in [0.15, 0.2) is 46.4 Å². The molecule has 1 aromatic carbocycles. The first-order valence-corrected chi connectivity index (χ1v) is 7.62. The molecule has 0 saturated heterocycles. The molecule has 0 bridgehead atoms. The normalized spacial score (nSPS) is 13.0. The van der Waals surface area contributed by atoms with E-state index in [0.29, 0.717) is 5.69 Å². The highest BCUT2D eigenvalue weighted by Gasteiger charge is 2.33. The Kier molecular flexibility index (Phi) is 4.08. The standard InChI is InChI=1S/C15H12F3N3OS/c1-9(12-6-7-19-22-12)10-2-4-11(5-3-10)20-14-21-13(8-23-14)15(16,17)18/h2-9H,1H3,(H,20,21)/t9-/m1/s1. The molecule has 1 atom stereocenters. The fourth-order valence-corrected chi connectivity index (χ4v) is 2.79. The summed E-state index contributed by atoms with van der Waals surface area (Å²) in [4.78, 5) is 3.53. The highest BCUT2D eigenvalue weighted by atomic mass is 32.1. The first-order chi connectivity index (χ1) is 10.9. The van der Waals surface area contributed by atoms with Gasteiger partial charge in [-0.2, -0.15) is 13.2 Å². The molecule has 23 heavy (non-hydrogen) atoms. The molecule has 120 valence electrons. The van der Waals surface area contributed by atoms with Gasteiger partial charge in [0.1, 0.15) is 5.76 Å². The smallest absolute Gasteiger partial charge is 0.361 e. The van der Waals surface area contributed by atoms with Gasteiger partial charge in [-0.1, -0.05) is 24.2 Å². The molecule has 0 aliphatic heterocycles. The number of nitrogens with zero attached hydrogens (tertiary/aromatic N) is 2. The van der Waals surface area contributed by atoms with Crippen LogP contribution in [0.4, 0.5) is 24.0 Å². The van der Waals surface area contributed by atoms with Gasteiger partial charge in [-0.25, -0.2) is 4.98 Å². The van der Waals surface area contributed by atoms with Gasteiger partial charge in [-0.05, 0) is 17.7 Å². The average molecular weight is 339 g/mol. The summed E-state index contributed by atoms with van der Waals surface area (Å²) in [5.41, 5.74) is 0.796. The van der Waals surface area contributed by atoms with Crippen LogP contribution in [0.2, 0.25) is 0 Å². The Labute approximate surface area is 134 Å². The van der Waals surface area contributed by atoms with E-state index >= 15 is 0 Å². The lowest BCUT2D eigenvalue weighted by molar-refractivity contribution is -0.140. The van der Waals surface area contributed by atoms with E-state index in [1.54, 1.807) is 24.4 Å². The summed E-state index contributed by atoms with van der Waals surface area (Å²) in [6.07, 6.45) is -2.84. The number of benzene rings is 1. The van der Waals surface area contributed by atoms with E-state index in [1.807, 2.05) is 19.1 Å². The van der Waals surface area contributed by atoms with Crippen molar-refractivity contribution in [2.75, 3.05) is 5.32 Å². The van der Waals surface area contributed by atoms with E-state index in [-0.39, 0.29) is 11.0 Å². The molecular formula is C15H12F3N3OS. The maximum Gasteiger partial charge on any atom is 0.434 e. The van der Waals surface area contributed by atoms with Gasteiger partial charge in [0.05, 0.1) is 6.20 Å². The van der Waals surface area contributed by atoms with Crippen molar-refractivity contribution in [2.24, 2.45) is 0 Å². The lowest BCUT2D eigenvalue weighted by Gasteiger charge is -2.09. The summed E-state index contributed by atoms with van der Waals surface area (Å²) >= 11 is 0.914. The molecule has 3 aromatic rings. The number of alkyl halides is 3. The Morgan fingerprint density at radius 1 is 1.17 bits per heavy atom. The number of hydrogen-bond donors (Lipinski definition) is 1. The molecule has 1 N–H and O–H groups in total. The predicted molar refractivity (Wildman–Crippen MR) is 80.9 cm³/mol. The average Bonchev–Trinajstić information content (AvgIpc) is 3.18. The zero-order valence-electron chi connectivity index (χ0n) is 12.0. The van der Waals surface area contributed by atoms with Crippen molar-refractivity contribution in [1.29, 1.82) is 0 Å². The van der Waals surface area contributed by atoms with Gasteiger partial charge in [0.2, 0.25) is 0 Å². The summed E-state index contributed by atoms with van der Waals surface area (Å²) in [5, 5.41) is 7.74. The van der Waals surface area contributed by atoms with Gasteiger partial charge in [0.15, 0.2) is 10.8 Å². The number of thiazole rings is 1. The Hall–Kier alpha value is -2.35. The first-order valence-electron chi connectivity index (χ1n) is 6.74. The molecule has 8 heteroatoms. The van der Waals surface area contributed by atoms with Crippen LogP contribution >= 0.6 is 11.3 Å². The minimum atomic E-state index is -4.42. The van der Waals surface area contributed by atoms with E-state index in [9.17, 15) is 13.2 Å². The van der Waals surface area contributed by atoms with Crippen molar-refractivity contribution < 1.29 is 17.7 Å². The molecule has 0 fully saturated rings. The fourth-order valence-electron chi connectivity index (χ4n) is 2.05. The molecule has 0 unspecified atom stereocenters. The molecule has 3 rings (SSSR count). The number of halogens is 3. The molecule has 2 heterocycles. The van der Waals surface area contributed by atoms with Gasteiger partial charge in [0.25, 0.3) is 0 Å². The molecule has 4 nitrogen and oxygen atoms in total. The quantitative estimate of drug-likeness (QED) is 0.723. The molecule has 0 amide bonds. The third-order valence-corrected chi connectivity index (χ3v) is 4.10. The molecule has 0 aliphatic rings. The SMILES string of the molecule is C[C@H](c1ccc(Nc2nc(C(F)(F)F)cs2)cc1)c1ccno1. The maximum atomic E-state index is 12.5.